The van der Waals surface area contributed by atoms with Crippen LogP contribution >= 0.6 is 0 Å². The Bertz CT molecular complexity index is 724. The summed E-state index contributed by atoms with van der Waals surface area (Å²) in [7, 11) is 1.73. The zero-order chi connectivity index (χ0) is 24.6. The number of nitrogens with one attached hydrogen (secondary N) is 3. The summed E-state index contributed by atoms with van der Waals surface area (Å²) in [4.78, 5) is 45.4. The lowest BCUT2D eigenvalue weighted by Crippen LogP contribution is -2.48. The first-order chi connectivity index (χ1) is 15.8. The summed E-state index contributed by atoms with van der Waals surface area (Å²) in [6, 6.07) is 9.28. The van der Waals surface area contributed by atoms with Gasteiger partial charge in [0.05, 0.1) is 12.1 Å². The van der Waals surface area contributed by atoms with Crippen molar-refractivity contribution in [2.75, 3.05) is 13.6 Å². The van der Waals surface area contributed by atoms with Crippen LogP contribution < -0.4 is 16.0 Å². The summed E-state index contributed by atoms with van der Waals surface area (Å²) in [5.74, 6) is 0.194. The molecule has 1 aliphatic heterocycles. The van der Waals surface area contributed by atoms with Gasteiger partial charge in [-0.25, -0.2) is 0 Å². The Balaban J connectivity index is 0.000000361. The average molecular weight is 460 g/mol. The molecule has 3 N–H and O–H groups in total. The van der Waals surface area contributed by atoms with Crippen molar-refractivity contribution in [1.29, 1.82) is 0 Å². The maximum absolute atomic E-state index is 12.1. The molecule has 2 rings (SSSR count). The van der Waals surface area contributed by atoms with Crippen LogP contribution in [0.3, 0.4) is 0 Å². The SMILES string of the molecule is CCCC(C=O)Cc1ccccc1.CNC(CC(C)C)C(=O)N[C@H](C=O)CC1CCNC1=O. The van der Waals surface area contributed by atoms with Crippen LogP contribution in [0, 0.1) is 17.8 Å². The molecule has 0 bridgehead atoms. The third-order valence-electron chi connectivity index (χ3n) is 5.76. The fourth-order valence-electron chi connectivity index (χ4n) is 3.94. The highest BCUT2D eigenvalue weighted by Crippen LogP contribution is 2.16. The van der Waals surface area contributed by atoms with Gasteiger partial charge in [0.1, 0.15) is 12.6 Å². The van der Waals surface area contributed by atoms with E-state index in [-0.39, 0.29) is 29.7 Å². The first kappa shape index (κ1) is 28.5. The molecule has 1 saturated heterocycles. The first-order valence-corrected chi connectivity index (χ1v) is 12.0. The fraction of sp³-hybridized carbons (Fsp3) is 0.615. The van der Waals surface area contributed by atoms with E-state index in [1.165, 1.54) is 5.56 Å². The molecule has 0 spiro atoms. The van der Waals surface area contributed by atoms with Crippen LogP contribution in [0.2, 0.25) is 0 Å². The van der Waals surface area contributed by atoms with E-state index in [2.05, 4.69) is 35.0 Å². The molecule has 1 fully saturated rings. The molecule has 0 aliphatic carbocycles. The summed E-state index contributed by atoms with van der Waals surface area (Å²) in [6.45, 7) is 6.84. The predicted molar refractivity (Wildman–Crippen MR) is 131 cm³/mol. The molecule has 1 aromatic carbocycles. The van der Waals surface area contributed by atoms with Gasteiger partial charge in [-0.05, 0) is 50.6 Å². The van der Waals surface area contributed by atoms with Crippen LogP contribution in [0.25, 0.3) is 0 Å². The van der Waals surface area contributed by atoms with Gasteiger partial charge in [0.15, 0.2) is 0 Å². The van der Waals surface area contributed by atoms with Gasteiger partial charge in [0.2, 0.25) is 11.8 Å². The molecule has 0 radical (unpaired) electrons. The third-order valence-corrected chi connectivity index (χ3v) is 5.76. The minimum atomic E-state index is -0.598. The first-order valence-electron chi connectivity index (χ1n) is 12.0. The van der Waals surface area contributed by atoms with E-state index in [1.54, 1.807) is 7.05 Å². The standard InChI is InChI=1S/C14H25N3O3.C12H16O/c1-9(2)6-12(15-3)14(20)17-11(8-18)7-10-4-5-16-13(10)19;1-2-6-12(10-13)9-11-7-4-3-5-8-11/h8-12,15H,4-7H2,1-3H3,(H,16,19)(H,17,20);3-5,7-8,10,12H,2,6,9H2,1H3/t10?,11-,12?;/m0./s1. The molecule has 3 unspecified atom stereocenters. The van der Waals surface area contributed by atoms with Gasteiger partial charge in [-0.3, -0.25) is 9.59 Å². The van der Waals surface area contributed by atoms with Crippen LogP contribution in [-0.2, 0) is 25.6 Å². The summed E-state index contributed by atoms with van der Waals surface area (Å²) in [5, 5.41) is 8.41. The minimum absolute atomic E-state index is 0.0292. The largest absolute Gasteiger partial charge is 0.356 e. The number of carbonyl (C=O) groups excluding carboxylic acids is 4. The number of amides is 2. The maximum atomic E-state index is 12.1. The Morgan fingerprint density at radius 1 is 1.18 bits per heavy atom. The highest BCUT2D eigenvalue weighted by atomic mass is 16.2. The number of hydrogen-bond acceptors (Lipinski definition) is 5. The third kappa shape index (κ3) is 11.2. The molecule has 33 heavy (non-hydrogen) atoms. The Hall–Kier alpha value is -2.54. The topological polar surface area (TPSA) is 104 Å². The molecule has 1 aliphatic rings. The number of carbonyl (C=O) groups is 4. The average Bonchev–Trinajstić information content (AvgIpc) is 3.21. The lowest BCUT2D eigenvalue weighted by Gasteiger charge is -2.21. The molecule has 184 valence electrons. The number of aldehydes is 2. The van der Waals surface area contributed by atoms with E-state index in [9.17, 15) is 19.2 Å². The van der Waals surface area contributed by atoms with Gasteiger partial charge in [0.25, 0.3) is 0 Å². The van der Waals surface area contributed by atoms with Crippen LogP contribution in [0.1, 0.15) is 58.4 Å². The molecule has 1 heterocycles. The lowest BCUT2D eigenvalue weighted by atomic mass is 9.97. The van der Waals surface area contributed by atoms with Crippen LogP contribution in [0.4, 0.5) is 0 Å². The van der Waals surface area contributed by atoms with Gasteiger partial charge < -0.3 is 25.5 Å². The molecule has 0 saturated carbocycles. The van der Waals surface area contributed by atoms with Gasteiger partial charge in [0, 0.05) is 18.4 Å². The van der Waals surface area contributed by atoms with E-state index in [0.717, 1.165) is 32.0 Å². The molecule has 7 heteroatoms. The van der Waals surface area contributed by atoms with Crippen LogP contribution in [0.5, 0.6) is 0 Å². The second-order valence-corrected chi connectivity index (χ2v) is 9.11. The monoisotopic (exact) mass is 459 g/mol. The Morgan fingerprint density at radius 2 is 1.88 bits per heavy atom. The van der Waals surface area contributed by atoms with Crippen molar-refractivity contribution in [2.24, 2.45) is 17.8 Å². The summed E-state index contributed by atoms with van der Waals surface area (Å²) >= 11 is 0. The number of likely N-dealkylation sites (N-methyl/N-ethyl adjacent to an activating group) is 1. The van der Waals surface area contributed by atoms with Gasteiger partial charge >= 0.3 is 0 Å². The second-order valence-electron chi connectivity index (χ2n) is 9.11. The Kier molecular flexibility index (Phi) is 13.9. The smallest absolute Gasteiger partial charge is 0.237 e. The van der Waals surface area contributed by atoms with Crippen LogP contribution in [-0.4, -0.2) is 50.1 Å². The van der Waals surface area contributed by atoms with Gasteiger partial charge in [-0.15, -0.1) is 0 Å². The Labute approximate surface area is 198 Å². The highest BCUT2D eigenvalue weighted by molar-refractivity contribution is 5.85. The quantitative estimate of drug-likeness (QED) is 0.394. The molecular formula is C26H41N3O4. The molecular weight excluding hydrogens is 418 g/mol. The maximum Gasteiger partial charge on any atom is 0.237 e. The van der Waals surface area contributed by atoms with Crippen molar-refractivity contribution in [3.63, 3.8) is 0 Å². The fourth-order valence-corrected chi connectivity index (χ4v) is 3.94. The summed E-state index contributed by atoms with van der Waals surface area (Å²) in [5.41, 5.74) is 1.26. The molecule has 7 nitrogen and oxygen atoms in total. The predicted octanol–water partition coefficient (Wildman–Crippen LogP) is 2.67. The van der Waals surface area contributed by atoms with Gasteiger partial charge in [-0.1, -0.05) is 57.5 Å². The highest BCUT2D eigenvalue weighted by Gasteiger charge is 2.29. The second kappa shape index (κ2) is 16.1. The van der Waals surface area contributed by atoms with E-state index < -0.39 is 6.04 Å². The molecule has 2 amide bonds. The summed E-state index contributed by atoms with van der Waals surface area (Å²) < 4.78 is 0. The lowest BCUT2D eigenvalue weighted by molar-refractivity contribution is -0.127. The van der Waals surface area contributed by atoms with Crippen molar-refractivity contribution in [3.8, 4) is 0 Å². The van der Waals surface area contributed by atoms with Crippen molar-refractivity contribution in [1.82, 2.24) is 16.0 Å². The van der Waals surface area contributed by atoms with E-state index >= 15 is 0 Å². The van der Waals surface area contributed by atoms with Crippen molar-refractivity contribution < 1.29 is 19.2 Å². The molecule has 1 aromatic rings. The Morgan fingerprint density at radius 3 is 2.36 bits per heavy atom. The van der Waals surface area contributed by atoms with Crippen molar-refractivity contribution >= 4 is 24.4 Å². The number of hydrogen-bond donors (Lipinski definition) is 3. The van der Waals surface area contributed by atoms with E-state index in [4.69, 9.17) is 0 Å². The normalized spacial score (nSPS) is 17.8. The van der Waals surface area contributed by atoms with Gasteiger partial charge in [-0.2, -0.15) is 0 Å². The number of benzene rings is 1. The van der Waals surface area contributed by atoms with Crippen LogP contribution in [0.15, 0.2) is 30.3 Å². The zero-order valence-corrected chi connectivity index (χ0v) is 20.5. The molecule has 4 atom stereocenters. The number of rotatable bonds is 13. The van der Waals surface area contributed by atoms with E-state index in [1.807, 2.05) is 32.0 Å². The van der Waals surface area contributed by atoms with Crippen molar-refractivity contribution in [2.45, 2.75) is 71.4 Å². The minimum Gasteiger partial charge on any atom is -0.356 e. The summed E-state index contributed by atoms with van der Waals surface area (Å²) in [6.07, 6.45) is 6.56. The molecule has 0 aromatic heterocycles. The van der Waals surface area contributed by atoms with E-state index in [0.29, 0.717) is 31.6 Å². The zero-order valence-electron chi connectivity index (χ0n) is 20.5. The van der Waals surface area contributed by atoms with Crippen molar-refractivity contribution in [3.05, 3.63) is 35.9 Å².